The number of pyridine rings is 1. The number of nitrogens with zero attached hydrogens (tertiary/aromatic N) is 1. The first-order valence-corrected chi connectivity index (χ1v) is 6.85. The fourth-order valence-electron chi connectivity index (χ4n) is 2.01. The molecule has 2 rings (SSSR count). The van der Waals surface area contributed by atoms with E-state index >= 15 is 0 Å². The molecule has 1 aromatic carbocycles. The van der Waals surface area contributed by atoms with Gasteiger partial charge >= 0.3 is 0 Å². The molecule has 1 N–H and O–H groups in total. The molecule has 0 saturated carbocycles. The molecule has 0 spiro atoms. The molecule has 2 aromatic rings. The van der Waals surface area contributed by atoms with E-state index in [4.69, 9.17) is 4.74 Å². The summed E-state index contributed by atoms with van der Waals surface area (Å²) in [6.45, 7) is 8.07. The zero-order valence-electron chi connectivity index (χ0n) is 12.8. The first-order chi connectivity index (χ1) is 9.81. The number of halogens is 1. The molecule has 0 amide bonds. The van der Waals surface area contributed by atoms with Gasteiger partial charge in [0.25, 0.3) is 0 Å². The molecule has 0 aliphatic heterocycles. The topological polar surface area (TPSA) is 42.4 Å². The number of aromatic nitrogens is 1. The van der Waals surface area contributed by atoms with E-state index in [0.29, 0.717) is 11.3 Å². The highest BCUT2D eigenvalue weighted by Crippen LogP contribution is 2.31. The van der Waals surface area contributed by atoms with Crippen molar-refractivity contribution in [2.24, 2.45) is 0 Å². The minimum absolute atomic E-state index is 0.0632. The third kappa shape index (κ3) is 3.58. The Bertz CT molecular complexity index is 648. The largest absolute Gasteiger partial charge is 0.438 e. The van der Waals surface area contributed by atoms with Crippen LogP contribution in [0.15, 0.2) is 30.5 Å². The summed E-state index contributed by atoms with van der Waals surface area (Å²) in [5, 5.41) is 9.25. The van der Waals surface area contributed by atoms with Crippen LogP contribution < -0.4 is 4.74 Å². The number of aliphatic hydroxyl groups excluding tert-OH is 1. The smallest absolute Gasteiger partial charge is 0.224 e. The summed E-state index contributed by atoms with van der Waals surface area (Å²) in [7, 11) is 0. The average Bonchev–Trinajstić information content (AvgIpc) is 2.41. The van der Waals surface area contributed by atoms with Crippen molar-refractivity contribution in [1.82, 2.24) is 4.98 Å². The minimum atomic E-state index is -0.494. The van der Waals surface area contributed by atoms with E-state index < -0.39 is 5.82 Å². The molecule has 21 heavy (non-hydrogen) atoms. The van der Waals surface area contributed by atoms with Crippen molar-refractivity contribution in [3.8, 4) is 11.6 Å². The molecule has 0 aliphatic rings. The quantitative estimate of drug-likeness (QED) is 0.924. The number of hydrogen-bond donors (Lipinski definition) is 1. The van der Waals surface area contributed by atoms with Crippen LogP contribution in [-0.4, -0.2) is 10.1 Å². The normalized spacial score (nSPS) is 11.5. The first-order valence-electron chi connectivity index (χ1n) is 6.85. The fourth-order valence-corrected chi connectivity index (χ4v) is 2.01. The predicted molar refractivity (Wildman–Crippen MR) is 80.1 cm³/mol. The highest BCUT2D eigenvalue weighted by atomic mass is 19.1. The van der Waals surface area contributed by atoms with Gasteiger partial charge in [-0.15, -0.1) is 0 Å². The maximum absolute atomic E-state index is 13.1. The van der Waals surface area contributed by atoms with Crippen LogP contribution in [0.5, 0.6) is 11.6 Å². The molecule has 112 valence electrons. The van der Waals surface area contributed by atoms with E-state index in [1.807, 2.05) is 19.1 Å². The maximum Gasteiger partial charge on any atom is 0.224 e. The van der Waals surface area contributed by atoms with E-state index in [9.17, 15) is 9.50 Å². The van der Waals surface area contributed by atoms with Gasteiger partial charge in [-0.05, 0) is 35.6 Å². The zero-order chi connectivity index (χ0) is 15.6. The van der Waals surface area contributed by atoms with Gasteiger partial charge in [-0.25, -0.2) is 9.37 Å². The molecule has 0 bridgehead atoms. The van der Waals surface area contributed by atoms with Gasteiger partial charge in [0.1, 0.15) is 11.6 Å². The van der Waals surface area contributed by atoms with E-state index in [1.165, 1.54) is 11.6 Å². The predicted octanol–water partition coefficient (Wildman–Crippen LogP) is 4.11. The molecule has 0 radical (unpaired) electrons. The van der Waals surface area contributed by atoms with Gasteiger partial charge in [-0.3, -0.25) is 0 Å². The Morgan fingerprint density at radius 1 is 1.24 bits per heavy atom. The van der Waals surface area contributed by atoms with Gasteiger partial charge in [0.05, 0.1) is 12.8 Å². The SMILES string of the molecule is Cc1cc(C(C)(C)C)ccc1Oc1ncc(F)cc1CO. The van der Waals surface area contributed by atoms with Gasteiger partial charge in [0.15, 0.2) is 0 Å². The van der Waals surface area contributed by atoms with Crippen LogP contribution in [0.1, 0.15) is 37.5 Å². The second-order valence-electron chi connectivity index (χ2n) is 6.11. The Labute approximate surface area is 124 Å². The summed E-state index contributed by atoms with van der Waals surface area (Å²) in [6, 6.07) is 7.17. The number of hydrogen-bond acceptors (Lipinski definition) is 3. The summed E-state index contributed by atoms with van der Waals surface area (Å²) in [5.74, 6) is 0.383. The number of ether oxygens (including phenoxy) is 1. The van der Waals surface area contributed by atoms with Gasteiger partial charge in [-0.1, -0.05) is 32.9 Å². The highest BCUT2D eigenvalue weighted by molar-refractivity contribution is 5.41. The number of aryl methyl sites for hydroxylation is 1. The molecule has 1 heterocycles. The van der Waals surface area contributed by atoms with Crippen LogP contribution in [0.4, 0.5) is 4.39 Å². The fraction of sp³-hybridized carbons (Fsp3) is 0.353. The average molecular weight is 289 g/mol. The van der Waals surface area contributed by atoms with Gasteiger partial charge in [0.2, 0.25) is 5.88 Å². The Morgan fingerprint density at radius 2 is 1.95 bits per heavy atom. The monoisotopic (exact) mass is 289 g/mol. The van der Waals surface area contributed by atoms with Crippen LogP contribution in [0, 0.1) is 12.7 Å². The van der Waals surface area contributed by atoms with Crippen molar-refractivity contribution in [2.75, 3.05) is 0 Å². The van der Waals surface area contributed by atoms with E-state index in [-0.39, 0.29) is 17.9 Å². The summed E-state index contributed by atoms with van der Waals surface area (Å²) >= 11 is 0. The highest BCUT2D eigenvalue weighted by Gasteiger charge is 2.16. The van der Waals surface area contributed by atoms with Gasteiger partial charge in [0, 0.05) is 5.56 Å². The van der Waals surface area contributed by atoms with Crippen LogP contribution in [0.2, 0.25) is 0 Å². The third-order valence-corrected chi connectivity index (χ3v) is 3.31. The summed E-state index contributed by atoms with van der Waals surface area (Å²) in [6.07, 6.45) is 1.08. The second-order valence-corrected chi connectivity index (χ2v) is 6.11. The minimum Gasteiger partial charge on any atom is -0.438 e. The lowest BCUT2D eigenvalue weighted by Gasteiger charge is -2.20. The van der Waals surface area contributed by atoms with Crippen LogP contribution >= 0.6 is 0 Å². The van der Waals surface area contributed by atoms with Gasteiger partial charge in [-0.2, -0.15) is 0 Å². The van der Waals surface area contributed by atoms with Crippen molar-refractivity contribution < 1.29 is 14.2 Å². The number of benzene rings is 1. The zero-order valence-corrected chi connectivity index (χ0v) is 12.8. The first kappa shape index (κ1) is 15.4. The molecular weight excluding hydrogens is 269 g/mol. The van der Waals surface area contributed by atoms with E-state index in [1.54, 1.807) is 0 Å². The molecule has 0 aliphatic carbocycles. The molecule has 4 heteroatoms. The third-order valence-electron chi connectivity index (χ3n) is 3.31. The van der Waals surface area contributed by atoms with Crippen molar-refractivity contribution >= 4 is 0 Å². The number of rotatable bonds is 3. The summed E-state index contributed by atoms with van der Waals surface area (Å²) in [4.78, 5) is 3.90. The van der Waals surface area contributed by atoms with Crippen LogP contribution in [0.3, 0.4) is 0 Å². The number of aliphatic hydroxyl groups is 1. The molecule has 1 aromatic heterocycles. The lowest BCUT2D eigenvalue weighted by molar-refractivity contribution is 0.274. The molecule has 0 atom stereocenters. The van der Waals surface area contributed by atoms with Crippen molar-refractivity contribution in [1.29, 1.82) is 0 Å². The van der Waals surface area contributed by atoms with E-state index in [0.717, 1.165) is 11.8 Å². The Morgan fingerprint density at radius 3 is 2.52 bits per heavy atom. The Kier molecular flexibility index (Phi) is 4.28. The van der Waals surface area contributed by atoms with Crippen LogP contribution in [0.25, 0.3) is 0 Å². The van der Waals surface area contributed by atoms with E-state index in [2.05, 4.69) is 31.8 Å². The van der Waals surface area contributed by atoms with Crippen LogP contribution in [-0.2, 0) is 12.0 Å². The lowest BCUT2D eigenvalue weighted by Crippen LogP contribution is -2.11. The Balaban J connectivity index is 2.32. The molecule has 0 fully saturated rings. The second kappa shape index (κ2) is 5.82. The van der Waals surface area contributed by atoms with Crippen molar-refractivity contribution in [3.63, 3.8) is 0 Å². The molecular formula is C17H20FNO2. The molecule has 0 saturated heterocycles. The van der Waals surface area contributed by atoms with Crippen molar-refractivity contribution in [2.45, 2.75) is 39.7 Å². The standard InChI is InChI=1S/C17H20FNO2/c1-11-7-13(17(2,3)4)5-6-15(11)21-16-12(10-20)8-14(18)9-19-16/h5-9,20H,10H2,1-4H3. The maximum atomic E-state index is 13.1. The molecule has 3 nitrogen and oxygen atoms in total. The summed E-state index contributed by atoms with van der Waals surface area (Å²) in [5.41, 5.74) is 2.57. The van der Waals surface area contributed by atoms with Crippen molar-refractivity contribution in [3.05, 3.63) is 53.0 Å². The molecule has 0 unspecified atom stereocenters. The Hall–Kier alpha value is -1.94. The lowest BCUT2D eigenvalue weighted by atomic mass is 9.86. The van der Waals surface area contributed by atoms with Gasteiger partial charge < -0.3 is 9.84 Å². The summed E-state index contributed by atoms with van der Waals surface area (Å²) < 4.78 is 18.8.